The van der Waals surface area contributed by atoms with Gasteiger partial charge in [-0.1, -0.05) is 18.2 Å². The predicted octanol–water partition coefficient (Wildman–Crippen LogP) is 3.56. The van der Waals surface area contributed by atoms with Crippen LogP contribution in [-0.2, 0) is 16.6 Å². The van der Waals surface area contributed by atoms with Gasteiger partial charge in [-0.3, -0.25) is 4.79 Å². The van der Waals surface area contributed by atoms with Gasteiger partial charge in [-0.2, -0.15) is 0 Å². The molecule has 0 fully saturated rings. The zero-order valence-corrected chi connectivity index (χ0v) is 17.2. The van der Waals surface area contributed by atoms with Gasteiger partial charge in [0.25, 0.3) is 5.91 Å². The minimum absolute atomic E-state index is 0.0260. The minimum atomic E-state index is -3.79. The Morgan fingerprint density at radius 2 is 1.67 bits per heavy atom. The number of rotatable bonds is 8. The molecule has 3 aromatic rings. The quantitative estimate of drug-likeness (QED) is 0.573. The van der Waals surface area contributed by atoms with E-state index in [2.05, 4.69) is 5.32 Å². The average Bonchev–Trinajstić information content (AvgIpc) is 2.73. The SMILES string of the molecule is CCOc1ccc(C(=O)Nc2ccc(S(N)(=O)=O)cc2)cc1COc1ccccc1. The van der Waals surface area contributed by atoms with Crippen molar-refractivity contribution in [2.75, 3.05) is 11.9 Å². The number of carbonyl (C=O) groups is 1. The first-order chi connectivity index (χ1) is 14.4. The fourth-order valence-corrected chi connectivity index (χ4v) is 3.25. The summed E-state index contributed by atoms with van der Waals surface area (Å²) in [7, 11) is -3.79. The van der Waals surface area contributed by atoms with Crippen LogP contribution in [0.4, 0.5) is 5.69 Å². The van der Waals surface area contributed by atoms with E-state index >= 15 is 0 Å². The minimum Gasteiger partial charge on any atom is -0.493 e. The number of sulfonamides is 1. The van der Waals surface area contributed by atoms with Crippen LogP contribution in [0, 0.1) is 0 Å². The Morgan fingerprint density at radius 3 is 2.30 bits per heavy atom. The topological polar surface area (TPSA) is 108 Å². The second kappa shape index (κ2) is 9.43. The van der Waals surface area contributed by atoms with Crippen molar-refractivity contribution in [1.29, 1.82) is 0 Å². The van der Waals surface area contributed by atoms with E-state index in [4.69, 9.17) is 14.6 Å². The lowest BCUT2D eigenvalue weighted by Gasteiger charge is -2.13. The predicted molar refractivity (Wildman–Crippen MR) is 114 cm³/mol. The molecule has 0 aliphatic heterocycles. The van der Waals surface area contributed by atoms with Gasteiger partial charge in [0, 0.05) is 16.8 Å². The summed E-state index contributed by atoms with van der Waals surface area (Å²) in [5.74, 6) is 1.01. The van der Waals surface area contributed by atoms with E-state index in [1.54, 1.807) is 18.2 Å². The molecule has 8 heteroatoms. The van der Waals surface area contributed by atoms with E-state index in [1.807, 2.05) is 37.3 Å². The highest BCUT2D eigenvalue weighted by molar-refractivity contribution is 7.89. The molecule has 30 heavy (non-hydrogen) atoms. The first-order valence-electron chi connectivity index (χ1n) is 9.24. The number of nitrogens with one attached hydrogen (secondary N) is 1. The molecule has 0 aliphatic carbocycles. The highest BCUT2D eigenvalue weighted by Gasteiger charge is 2.13. The maximum absolute atomic E-state index is 12.7. The van der Waals surface area contributed by atoms with Crippen LogP contribution in [0.2, 0.25) is 0 Å². The summed E-state index contributed by atoms with van der Waals surface area (Å²) in [6.07, 6.45) is 0. The summed E-state index contributed by atoms with van der Waals surface area (Å²) in [6, 6.07) is 20.1. The summed E-state index contributed by atoms with van der Waals surface area (Å²) >= 11 is 0. The first-order valence-corrected chi connectivity index (χ1v) is 10.8. The number of nitrogens with two attached hydrogens (primary N) is 1. The molecule has 1 amide bonds. The van der Waals surface area contributed by atoms with Gasteiger partial charge in [0.1, 0.15) is 18.1 Å². The molecular weight excluding hydrogens is 404 g/mol. The molecule has 0 spiro atoms. The third-order valence-corrected chi connectivity index (χ3v) is 5.13. The molecule has 0 atom stereocenters. The van der Waals surface area contributed by atoms with E-state index in [0.717, 1.165) is 5.56 Å². The third-order valence-electron chi connectivity index (χ3n) is 4.20. The lowest BCUT2D eigenvalue weighted by molar-refractivity contribution is 0.102. The second-order valence-corrected chi connectivity index (χ2v) is 7.94. The van der Waals surface area contributed by atoms with Crippen molar-refractivity contribution >= 4 is 21.6 Å². The number of primary sulfonamides is 1. The Morgan fingerprint density at radius 1 is 0.967 bits per heavy atom. The van der Waals surface area contributed by atoms with E-state index in [9.17, 15) is 13.2 Å². The van der Waals surface area contributed by atoms with Gasteiger partial charge in [-0.25, -0.2) is 13.6 Å². The highest BCUT2D eigenvalue weighted by Crippen LogP contribution is 2.23. The van der Waals surface area contributed by atoms with Crippen molar-refractivity contribution in [3.05, 3.63) is 83.9 Å². The number of hydrogen-bond acceptors (Lipinski definition) is 5. The number of anilines is 1. The summed E-state index contributed by atoms with van der Waals surface area (Å²) in [5.41, 5.74) is 1.60. The fourth-order valence-electron chi connectivity index (χ4n) is 2.74. The molecular formula is C22H22N2O5S. The van der Waals surface area contributed by atoms with Crippen molar-refractivity contribution in [1.82, 2.24) is 0 Å². The molecule has 3 rings (SSSR count). The molecule has 7 nitrogen and oxygen atoms in total. The van der Waals surface area contributed by atoms with Gasteiger partial charge in [0.05, 0.1) is 11.5 Å². The monoisotopic (exact) mass is 426 g/mol. The van der Waals surface area contributed by atoms with Crippen molar-refractivity contribution < 1.29 is 22.7 Å². The van der Waals surface area contributed by atoms with Crippen LogP contribution < -0.4 is 19.9 Å². The molecule has 0 unspecified atom stereocenters. The van der Waals surface area contributed by atoms with Crippen molar-refractivity contribution in [3.8, 4) is 11.5 Å². The van der Waals surface area contributed by atoms with E-state index < -0.39 is 10.0 Å². The standard InChI is InChI=1S/C22H22N2O5S/c1-2-28-21-13-8-16(14-17(21)15-29-19-6-4-3-5-7-19)22(25)24-18-9-11-20(12-10-18)30(23,26)27/h3-14H,2,15H2,1H3,(H,24,25)(H2,23,26,27). The number of carbonyl (C=O) groups excluding carboxylic acids is 1. The van der Waals surface area contributed by atoms with E-state index in [0.29, 0.717) is 29.4 Å². The number of amides is 1. The molecule has 3 N–H and O–H groups in total. The number of hydrogen-bond donors (Lipinski definition) is 2. The maximum atomic E-state index is 12.7. The van der Waals surface area contributed by atoms with Crippen LogP contribution in [0.5, 0.6) is 11.5 Å². The Labute approximate surface area is 175 Å². The smallest absolute Gasteiger partial charge is 0.255 e. The number of ether oxygens (including phenoxy) is 2. The van der Waals surface area contributed by atoms with Gasteiger partial charge in [-0.15, -0.1) is 0 Å². The van der Waals surface area contributed by atoms with Gasteiger partial charge in [0.2, 0.25) is 10.0 Å². The van der Waals surface area contributed by atoms with Crippen molar-refractivity contribution in [2.24, 2.45) is 5.14 Å². The summed E-state index contributed by atoms with van der Waals surface area (Å²) in [5, 5.41) is 7.82. The van der Waals surface area contributed by atoms with Gasteiger partial charge in [-0.05, 0) is 61.5 Å². The second-order valence-electron chi connectivity index (χ2n) is 6.38. The average molecular weight is 426 g/mol. The number of para-hydroxylation sites is 1. The highest BCUT2D eigenvalue weighted by atomic mass is 32.2. The lowest BCUT2D eigenvalue weighted by atomic mass is 10.1. The maximum Gasteiger partial charge on any atom is 0.255 e. The Bertz CT molecular complexity index is 1110. The molecule has 0 saturated heterocycles. The summed E-state index contributed by atoms with van der Waals surface area (Å²) in [6.45, 7) is 2.61. The Balaban J connectivity index is 1.76. The summed E-state index contributed by atoms with van der Waals surface area (Å²) in [4.78, 5) is 12.6. The van der Waals surface area contributed by atoms with Crippen LogP contribution in [0.15, 0.2) is 77.7 Å². The van der Waals surface area contributed by atoms with Crippen LogP contribution in [0.25, 0.3) is 0 Å². The molecule has 0 radical (unpaired) electrons. The van der Waals surface area contributed by atoms with Crippen molar-refractivity contribution in [2.45, 2.75) is 18.4 Å². The first kappa shape index (κ1) is 21.4. The lowest BCUT2D eigenvalue weighted by Crippen LogP contribution is -2.14. The number of benzene rings is 3. The molecule has 0 aromatic heterocycles. The van der Waals surface area contributed by atoms with Gasteiger partial charge >= 0.3 is 0 Å². The van der Waals surface area contributed by atoms with Crippen molar-refractivity contribution in [3.63, 3.8) is 0 Å². The molecule has 3 aromatic carbocycles. The normalized spacial score (nSPS) is 11.0. The zero-order valence-electron chi connectivity index (χ0n) is 16.4. The summed E-state index contributed by atoms with van der Waals surface area (Å²) < 4.78 is 34.1. The van der Waals surface area contributed by atoms with Crippen LogP contribution in [-0.4, -0.2) is 20.9 Å². The molecule has 0 heterocycles. The van der Waals surface area contributed by atoms with Gasteiger partial charge in [0.15, 0.2) is 0 Å². The zero-order chi connectivity index (χ0) is 21.6. The van der Waals surface area contributed by atoms with Crippen LogP contribution >= 0.6 is 0 Å². The van der Waals surface area contributed by atoms with E-state index in [-0.39, 0.29) is 17.4 Å². The third kappa shape index (κ3) is 5.59. The van der Waals surface area contributed by atoms with Crippen LogP contribution in [0.1, 0.15) is 22.8 Å². The van der Waals surface area contributed by atoms with Crippen LogP contribution in [0.3, 0.4) is 0 Å². The van der Waals surface area contributed by atoms with Gasteiger partial charge < -0.3 is 14.8 Å². The fraction of sp³-hybridized carbons (Fsp3) is 0.136. The molecule has 0 bridgehead atoms. The molecule has 0 aliphatic rings. The largest absolute Gasteiger partial charge is 0.493 e. The molecule has 0 saturated carbocycles. The van der Waals surface area contributed by atoms with E-state index in [1.165, 1.54) is 24.3 Å². The Kier molecular flexibility index (Phi) is 6.71. The Hall–Kier alpha value is -3.36. The molecule has 156 valence electrons.